The van der Waals surface area contributed by atoms with E-state index in [1.807, 2.05) is 32.0 Å². The molecule has 136 valence electrons. The van der Waals surface area contributed by atoms with Crippen LogP contribution in [0.25, 0.3) is 10.9 Å². The van der Waals surface area contributed by atoms with E-state index in [0.29, 0.717) is 11.3 Å². The molecule has 0 spiro atoms. The summed E-state index contributed by atoms with van der Waals surface area (Å²) in [4.78, 5) is 29.3. The van der Waals surface area contributed by atoms with Gasteiger partial charge in [0.1, 0.15) is 6.54 Å². The van der Waals surface area contributed by atoms with E-state index >= 15 is 0 Å². The van der Waals surface area contributed by atoms with Crippen molar-refractivity contribution < 1.29 is 14.3 Å². The normalized spacial score (nSPS) is 10.4. The second-order valence-corrected chi connectivity index (χ2v) is 6.19. The lowest BCUT2D eigenvalue weighted by molar-refractivity contribution is -0.121. The number of para-hydroxylation sites is 1. The van der Waals surface area contributed by atoms with Crippen LogP contribution in [0.3, 0.4) is 0 Å². The summed E-state index contributed by atoms with van der Waals surface area (Å²) < 4.78 is 5.18. The van der Waals surface area contributed by atoms with E-state index in [9.17, 15) is 9.59 Å². The first-order valence-corrected chi connectivity index (χ1v) is 8.49. The lowest BCUT2D eigenvalue weighted by Crippen LogP contribution is -2.35. The van der Waals surface area contributed by atoms with Gasteiger partial charge in [0, 0.05) is 22.3 Å². The van der Waals surface area contributed by atoms with Crippen molar-refractivity contribution in [2.45, 2.75) is 13.8 Å². The molecule has 1 N–H and O–H groups in total. The number of aromatic nitrogens is 1. The summed E-state index contributed by atoms with van der Waals surface area (Å²) in [5.41, 5.74) is 4.02. The lowest BCUT2D eigenvalue weighted by Gasteiger charge is -2.19. The van der Waals surface area contributed by atoms with E-state index in [1.165, 1.54) is 4.90 Å². The van der Waals surface area contributed by atoms with Gasteiger partial charge in [-0.3, -0.25) is 9.69 Å². The number of carbonyl (C=O) groups is 2. The molecule has 2 aromatic carbocycles. The average Bonchev–Trinajstić information content (AvgIpc) is 2.98. The summed E-state index contributed by atoms with van der Waals surface area (Å²) in [5.74, 6) is -1.03. The van der Waals surface area contributed by atoms with Crippen LogP contribution in [-0.2, 0) is 9.53 Å². The van der Waals surface area contributed by atoms with Crippen LogP contribution < -0.4 is 4.90 Å². The highest BCUT2D eigenvalue weighted by Crippen LogP contribution is 2.22. The fourth-order valence-corrected chi connectivity index (χ4v) is 2.88. The van der Waals surface area contributed by atoms with Crippen LogP contribution >= 0.6 is 0 Å². The van der Waals surface area contributed by atoms with E-state index in [2.05, 4.69) is 4.98 Å². The summed E-state index contributed by atoms with van der Waals surface area (Å²) in [6.07, 6.45) is 0. The third kappa shape index (κ3) is 3.82. The Hall–Kier alpha value is -3.59. The number of aryl methyl sites for hydroxylation is 2. The molecule has 0 unspecified atom stereocenters. The third-order valence-corrected chi connectivity index (χ3v) is 4.47. The minimum Gasteiger partial charge on any atom is -0.452 e. The van der Waals surface area contributed by atoms with Gasteiger partial charge in [0.2, 0.25) is 0 Å². The fraction of sp³-hybridized carbons (Fsp3) is 0.190. The topological polar surface area (TPSA) is 86.2 Å². The van der Waals surface area contributed by atoms with Crippen LogP contribution in [0.5, 0.6) is 0 Å². The largest absolute Gasteiger partial charge is 0.452 e. The molecular weight excluding hydrogens is 342 g/mol. The smallest absolute Gasteiger partial charge is 0.338 e. The van der Waals surface area contributed by atoms with E-state index < -0.39 is 18.5 Å². The molecule has 0 saturated carbocycles. The summed E-state index contributed by atoms with van der Waals surface area (Å²) in [6.45, 7) is 3.40. The number of carbonyl (C=O) groups excluding carboxylic acids is 2. The van der Waals surface area contributed by atoms with Gasteiger partial charge in [-0.05, 0) is 49.7 Å². The summed E-state index contributed by atoms with van der Waals surface area (Å²) in [7, 11) is 0. The number of benzene rings is 2. The van der Waals surface area contributed by atoms with Gasteiger partial charge in [-0.15, -0.1) is 0 Å². The zero-order valence-corrected chi connectivity index (χ0v) is 15.2. The van der Waals surface area contributed by atoms with E-state index in [0.717, 1.165) is 22.2 Å². The number of esters is 1. The molecule has 0 bridgehead atoms. The average molecular weight is 361 g/mol. The Morgan fingerprint density at radius 1 is 1.15 bits per heavy atom. The zero-order chi connectivity index (χ0) is 19.4. The number of nitrogens with one attached hydrogen (secondary N) is 1. The molecule has 1 amide bonds. The number of anilines is 1. The fourth-order valence-electron chi connectivity index (χ4n) is 2.88. The number of hydrogen-bond donors (Lipinski definition) is 1. The molecule has 0 aliphatic heterocycles. The number of ether oxygens (including phenoxy) is 1. The molecule has 3 aromatic rings. The Kier molecular flexibility index (Phi) is 5.23. The van der Waals surface area contributed by atoms with Crippen LogP contribution in [0.1, 0.15) is 21.6 Å². The molecule has 0 saturated heterocycles. The van der Waals surface area contributed by atoms with Crippen molar-refractivity contribution in [2.75, 3.05) is 18.1 Å². The first-order valence-electron chi connectivity index (χ1n) is 8.49. The Balaban J connectivity index is 1.71. The first-order chi connectivity index (χ1) is 13.0. The highest BCUT2D eigenvalue weighted by Gasteiger charge is 2.18. The van der Waals surface area contributed by atoms with Gasteiger partial charge >= 0.3 is 5.97 Å². The van der Waals surface area contributed by atoms with Crippen molar-refractivity contribution in [2.24, 2.45) is 0 Å². The Morgan fingerprint density at radius 2 is 1.89 bits per heavy atom. The molecule has 6 nitrogen and oxygen atoms in total. The zero-order valence-electron chi connectivity index (χ0n) is 15.2. The van der Waals surface area contributed by atoms with E-state index in [-0.39, 0.29) is 6.54 Å². The highest BCUT2D eigenvalue weighted by molar-refractivity contribution is 5.99. The quantitative estimate of drug-likeness (QED) is 0.557. The molecule has 0 atom stereocenters. The SMILES string of the molecule is Cc1[nH]c2ccc(C(=O)OCC(=O)N(CC#N)c3ccccc3)cc2c1C. The summed E-state index contributed by atoms with van der Waals surface area (Å²) >= 11 is 0. The third-order valence-electron chi connectivity index (χ3n) is 4.47. The number of H-pyrrole nitrogens is 1. The number of hydrogen-bond acceptors (Lipinski definition) is 4. The van der Waals surface area contributed by atoms with Crippen LogP contribution in [0.15, 0.2) is 48.5 Å². The summed E-state index contributed by atoms with van der Waals surface area (Å²) in [6, 6.07) is 16.0. The molecule has 27 heavy (non-hydrogen) atoms. The van der Waals surface area contributed by atoms with Gasteiger partial charge in [0.05, 0.1) is 11.6 Å². The van der Waals surface area contributed by atoms with Crippen molar-refractivity contribution in [3.05, 3.63) is 65.4 Å². The van der Waals surface area contributed by atoms with Crippen LogP contribution in [0.2, 0.25) is 0 Å². The molecule has 1 aromatic heterocycles. The maximum Gasteiger partial charge on any atom is 0.338 e. The predicted octanol–water partition coefficient (Wildman–Crippen LogP) is 3.50. The minimum absolute atomic E-state index is 0.117. The van der Waals surface area contributed by atoms with Crippen LogP contribution in [0.4, 0.5) is 5.69 Å². The van der Waals surface area contributed by atoms with Crippen molar-refractivity contribution in [3.63, 3.8) is 0 Å². The van der Waals surface area contributed by atoms with E-state index in [1.54, 1.807) is 36.4 Å². The Morgan fingerprint density at radius 3 is 2.59 bits per heavy atom. The minimum atomic E-state index is -0.575. The van der Waals surface area contributed by atoms with Crippen LogP contribution in [0, 0.1) is 25.2 Å². The number of fused-ring (bicyclic) bond motifs is 1. The van der Waals surface area contributed by atoms with Gasteiger partial charge in [-0.1, -0.05) is 18.2 Å². The van der Waals surface area contributed by atoms with Crippen molar-refractivity contribution in [1.82, 2.24) is 4.98 Å². The summed E-state index contributed by atoms with van der Waals surface area (Å²) in [5, 5.41) is 9.92. The lowest BCUT2D eigenvalue weighted by atomic mass is 10.1. The molecule has 0 radical (unpaired) electrons. The van der Waals surface area contributed by atoms with Crippen molar-refractivity contribution in [1.29, 1.82) is 5.26 Å². The molecule has 0 fully saturated rings. The standard InChI is InChI=1S/C21H19N3O3/c1-14-15(2)23-19-9-8-16(12-18(14)19)21(26)27-13-20(25)24(11-10-22)17-6-4-3-5-7-17/h3-9,12,23H,11,13H2,1-2H3. The van der Waals surface area contributed by atoms with Crippen molar-refractivity contribution >= 4 is 28.5 Å². The van der Waals surface area contributed by atoms with Gasteiger partial charge in [0.15, 0.2) is 6.61 Å². The van der Waals surface area contributed by atoms with Gasteiger partial charge in [-0.2, -0.15) is 5.26 Å². The number of nitriles is 1. The van der Waals surface area contributed by atoms with Gasteiger partial charge < -0.3 is 9.72 Å². The maximum atomic E-state index is 12.4. The van der Waals surface area contributed by atoms with Gasteiger partial charge in [-0.25, -0.2) is 4.79 Å². The van der Waals surface area contributed by atoms with E-state index in [4.69, 9.17) is 10.00 Å². The monoisotopic (exact) mass is 361 g/mol. The Labute approximate surface area is 157 Å². The molecule has 3 rings (SSSR count). The number of amides is 1. The number of aromatic amines is 1. The highest BCUT2D eigenvalue weighted by atomic mass is 16.5. The number of rotatable bonds is 5. The first kappa shape index (κ1) is 18.2. The van der Waals surface area contributed by atoms with Crippen LogP contribution in [-0.4, -0.2) is 30.0 Å². The second-order valence-electron chi connectivity index (χ2n) is 6.19. The molecular formula is C21H19N3O3. The molecule has 0 aliphatic rings. The predicted molar refractivity (Wildman–Crippen MR) is 102 cm³/mol. The van der Waals surface area contributed by atoms with Crippen molar-refractivity contribution in [3.8, 4) is 6.07 Å². The molecule has 1 heterocycles. The Bertz CT molecular complexity index is 1030. The van der Waals surface area contributed by atoms with Gasteiger partial charge in [0.25, 0.3) is 5.91 Å². The molecule has 6 heteroatoms. The number of nitrogens with zero attached hydrogens (tertiary/aromatic N) is 2. The molecule has 0 aliphatic carbocycles. The maximum absolute atomic E-state index is 12.4. The second kappa shape index (κ2) is 7.75.